The Bertz CT molecular complexity index is 1330. The molecule has 4 aromatic carbocycles. The molecule has 2 heteroatoms. The standard InChI is InChI=1S/C36H32O2/c1-25-13-19-29(20-14-25)35(37)33-31(23-17-27-9-5-3-6-10-27)32(24-18-28-11-7-4-8-12-28)34(33)36(38)30-21-15-26(2)16-22-30/h3-24,31-34H,1-2H3/b23-17+,24-18+/t31-,32-,33+,34+/m1/s1. The van der Waals surface area contributed by atoms with Crippen LogP contribution in [-0.4, -0.2) is 11.6 Å². The average molecular weight is 497 g/mol. The number of hydrogen-bond donors (Lipinski definition) is 0. The largest absolute Gasteiger partial charge is 0.294 e. The van der Waals surface area contributed by atoms with Gasteiger partial charge in [-0.15, -0.1) is 0 Å². The van der Waals surface area contributed by atoms with Crippen molar-refractivity contribution in [1.29, 1.82) is 0 Å². The third-order valence-electron chi connectivity index (χ3n) is 7.56. The predicted octanol–water partition coefficient (Wildman–Crippen LogP) is 8.27. The summed E-state index contributed by atoms with van der Waals surface area (Å²) in [5, 5.41) is 0. The number of allylic oxidation sites excluding steroid dienone is 2. The fraction of sp³-hybridized carbons (Fsp3) is 0.167. The molecule has 4 aromatic rings. The summed E-state index contributed by atoms with van der Waals surface area (Å²) in [5.41, 5.74) is 5.68. The molecule has 0 radical (unpaired) electrons. The van der Waals surface area contributed by atoms with Gasteiger partial charge in [-0.2, -0.15) is 0 Å². The van der Waals surface area contributed by atoms with Crippen LogP contribution in [0, 0.1) is 37.5 Å². The van der Waals surface area contributed by atoms with Crippen LogP contribution in [0.5, 0.6) is 0 Å². The number of rotatable bonds is 8. The molecule has 0 N–H and O–H groups in total. The van der Waals surface area contributed by atoms with Crippen molar-refractivity contribution in [3.05, 3.63) is 155 Å². The fourth-order valence-electron chi connectivity index (χ4n) is 5.38. The summed E-state index contributed by atoms with van der Waals surface area (Å²) in [5.74, 6) is -0.995. The van der Waals surface area contributed by atoms with E-state index in [1.165, 1.54) is 0 Å². The van der Waals surface area contributed by atoms with Crippen LogP contribution in [0.2, 0.25) is 0 Å². The van der Waals surface area contributed by atoms with Crippen LogP contribution in [0.4, 0.5) is 0 Å². The molecule has 1 aliphatic rings. The SMILES string of the molecule is Cc1ccc(C(=O)[C@H]2[C@H](/C=C/c3ccccc3)[C@@H](/C=C/c3ccccc3)[C@@H]2C(=O)c2ccc(C)cc2)cc1. The molecule has 0 bridgehead atoms. The maximum Gasteiger partial charge on any atom is 0.167 e. The number of ketones is 2. The molecule has 1 aliphatic carbocycles. The molecular weight excluding hydrogens is 464 g/mol. The molecule has 2 nitrogen and oxygen atoms in total. The summed E-state index contributed by atoms with van der Waals surface area (Å²) in [6.45, 7) is 4.02. The number of Topliss-reactive ketones (excluding diaryl/α,β-unsaturated/α-hetero) is 2. The number of carbonyl (C=O) groups excluding carboxylic acids is 2. The summed E-state index contributed by atoms with van der Waals surface area (Å²) in [6, 6.07) is 35.6. The minimum absolute atomic E-state index is 0.0301. The maximum absolute atomic E-state index is 14.0. The van der Waals surface area contributed by atoms with Crippen LogP contribution in [-0.2, 0) is 0 Å². The van der Waals surface area contributed by atoms with Crippen LogP contribution in [0.1, 0.15) is 43.0 Å². The van der Waals surface area contributed by atoms with E-state index in [-0.39, 0.29) is 23.4 Å². The molecule has 0 aliphatic heterocycles. The first-order chi connectivity index (χ1) is 18.5. The lowest BCUT2D eigenvalue weighted by molar-refractivity contribution is 0.0316. The van der Waals surface area contributed by atoms with Gasteiger partial charge in [-0.25, -0.2) is 0 Å². The van der Waals surface area contributed by atoms with Crippen molar-refractivity contribution in [2.45, 2.75) is 13.8 Å². The van der Waals surface area contributed by atoms with Gasteiger partial charge in [0.15, 0.2) is 11.6 Å². The van der Waals surface area contributed by atoms with Crippen molar-refractivity contribution in [1.82, 2.24) is 0 Å². The molecule has 38 heavy (non-hydrogen) atoms. The van der Waals surface area contributed by atoms with Gasteiger partial charge in [0.2, 0.25) is 0 Å². The molecule has 4 atom stereocenters. The highest BCUT2D eigenvalue weighted by Crippen LogP contribution is 2.51. The van der Waals surface area contributed by atoms with Crippen molar-refractivity contribution in [2.24, 2.45) is 23.7 Å². The Morgan fingerprint density at radius 1 is 0.500 bits per heavy atom. The van der Waals surface area contributed by atoms with Crippen molar-refractivity contribution in [3.63, 3.8) is 0 Å². The van der Waals surface area contributed by atoms with Crippen molar-refractivity contribution in [3.8, 4) is 0 Å². The minimum Gasteiger partial charge on any atom is -0.294 e. The summed E-state index contributed by atoms with van der Waals surface area (Å²) in [7, 11) is 0. The van der Waals surface area contributed by atoms with E-state index >= 15 is 0 Å². The lowest BCUT2D eigenvalue weighted by Gasteiger charge is -2.48. The molecule has 0 aromatic heterocycles. The van der Waals surface area contributed by atoms with Crippen molar-refractivity contribution in [2.75, 3.05) is 0 Å². The molecule has 0 amide bonds. The zero-order chi connectivity index (χ0) is 26.5. The first kappa shape index (κ1) is 25.4. The van der Waals surface area contributed by atoms with Crippen LogP contribution in [0.15, 0.2) is 121 Å². The smallest absolute Gasteiger partial charge is 0.167 e. The highest BCUT2D eigenvalue weighted by molar-refractivity contribution is 6.07. The number of aryl methyl sites for hydroxylation is 2. The lowest BCUT2D eigenvalue weighted by atomic mass is 9.52. The van der Waals surface area contributed by atoms with E-state index in [0.29, 0.717) is 11.1 Å². The van der Waals surface area contributed by atoms with E-state index < -0.39 is 11.8 Å². The topological polar surface area (TPSA) is 34.1 Å². The summed E-state index contributed by atoms with van der Waals surface area (Å²) < 4.78 is 0. The van der Waals surface area contributed by atoms with Gasteiger partial charge in [-0.05, 0) is 36.8 Å². The Balaban J connectivity index is 1.56. The van der Waals surface area contributed by atoms with E-state index in [1.807, 2.05) is 98.8 Å². The Morgan fingerprint density at radius 2 is 0.842 bits per heavy atom. The Kier molecular flexibility index (Phi) is 7.60. The number of benzene rings is 4. The van der Waals surface area contributed by atoms with E-state index in [9.17, 15) is 9.59 Å². The second-order valence-corrected chi connectivity index (χ2v) is 10.2. The fourth-order valence-corrected chi connectivity index (χ4v) is 5.38. The highest BCUT2D eigenvalue weighted by Gasteiger charge is 2.54. The third-order valence-corrected chi connectivity index (χ3v) is 7.56. The second-order valence-electron chi connectivity index (χ2n) is 10.2. The first-order valence-electron chi connectivity index (χ1n) is 13.2. The van der Waals surface area contributed by atoms with Gasteiger partial charge in [-0.3, -0.25) is 9.59 Å². The van der Waals surface area contributed by atoms with Gasteiger partial charge in [0, 0.05) is 23.0 Å². The average Bonchev–Trinajstić information content (AvgIpc) is 2.94. The molecule has 0 saturated heterocycles. The molecule has 1 fully saturated rings. The Labute approximate surface area is 225 Å². The van der Waals surface area contributed by atoms with Gasteiger partial charge in [0.1, 0.15) is 0 Å². The van der Waals surface area contributed by atoms with Crippen LogP contribution >= 0.6 is 0 Å². The monoisotopic (exact) mass is 496 g/mol. The molecule has 188 valence electrons. The van der Waals surface area contributed by atoms with E-state index in [2.05, 4.69) is 48.6 Å². The van der Waals surface area contributed by atoms with Gasteiger partial charge >= 0.3 is 0 Å². The van der Waals surface area contributed by atoms with Crippen LogP contribution in [0.25, 0.3) is 12.2 Å². The molecule has 0 heterocycles. The zero-order valence-corrected chi connectivity index (χ0v) is 21.8. The minimum atomic E-state index is -0.433. The molecule has 1 saturated carbocycles. The second kappa shape index (κ2) is 11.4. The molecule has 5 rings (SSSR count). The van der Waals surface area contributed by atoms with Crippen molar-refractivity contribution < 1.29 is 9.59 Å². The zero-order valence-electron chi connectivity index (χ0n) is 21.8. The predicted molar refractivity (Wildman–Crippen MR) is 156 cm³/mol. The van der Waals surface area contributed by atoms with Gasteiger partial charge in [-0.1, -0.05) is 145 Å². The molecular formula is C36H32O2. The first-order valence-corrected chi connectivity index (χ1v) is 13.2. The van der Waals surface area contributed by atoms with Gasteiger partial charge in [0.05, 0.1) is 0 Å². The Morgan fingerprint density at radius 3 is 1.18 bits per heavy atom. The normalized spacial score (nSPS) is 20.9. The summed E-state index contributed by atoms with van der Waals surface area (Å²) in [4.78, 5) is 27.9. The van der Waals surface area contributed by atoms with Crippen LogP contribution < -0.4 is 0 Å². The van der Waals surface area contributed by atoms with Gasteiger partial charge < -0.3 is 0 Å². The third kappa shape index (κ3) is 5.50. The number of carbonyl (C=O) groups is 2. The van der Waals surface area contributed by atoms with E-state index in [0.717, 1.165) is 22.3 Å². The summed E-state index contributed by atoms with van der Waals surface area (Å²) >= 11 is 0. The summed E-state index contributed by atoms with van der Waals surface area (Å²) in [6.07, 6.45) is 8.42. The molecule has 0 spiro atoms. The number of hydrogen-bond acceptors (Lipinski definition) is 2. The van der Waals surface area contributed by atoms with Gasteiger partial charge in [0.25, 0.3) is 0 Å². The quantitative estimate of drug-likeness (QED) is 0.230. The highest BCUT2D eigenvalue weighted by atomic mass is 16.1. The van der Waals surface area contributed by atoms with E-state index in [1.54, 1.807) is 0 Å². The lowest BCUT2D eigenvalue weighted by Crippen LogP contribution is -2.52. The van der Waals surface area contributed by atoms with Crippen molar-refractivity contribution >= 4 is 23.7 Å². The van der Waals surface area contributed by atoms with E-state index in [4.69, 9.17) is 0 Å². The van der Waals surface area contributed by atoms with Crippen LogP contribution in [0.3, 0.4) is 0 Å². The maximum atomic E-state index is 14.0. The molecule has 0 unspecified atom stereocenters. The Hall–Kier alpha value is -4.30.